The van der Waals surface area contributed by atoms with Gasteiger partial charge in [-0.15, -0.1) is 11.8 Å². The third kappa shape index (κ3) is 5.09. The van der Waals surface area contributed by atoms with Gasteiger partial charge in [-0.3, -0.25) is 14.4 Å². The number of benzene rings is 1. The third-order valence-corrected chi connectivity index (χ3v) is 10.4. The Balaban J connectivity index is 1.54. The van der Waals surface area contributed by atoms with Crippen LogP contribution in [0.1, 0.15) is 48.0 Å². The van der Waals surface area contributed by atoms with Crippen molar-refractivity contribution in [1.82, 2.24) is 9.80 Å². The summed E-state index contributed by atoms with van der Waals surface area (Å²) >= 11 is 1.56. The number of carbonyl (C=O) groups is 3. The molecule has 4 aliphatic heterocycles. The predicted octanol–water partition coefficient (Wildman–Crippen LogP) is 3.89. The van der Waals surface area contributed by atoms with Crippen LogP contribution in [-0.4, -0.2) is 87.1 Å². The lowest BCUT2D eigenvalue weighted by Gasteiger charge is -2.44. The highest BCUT2D eigenvalue weighted by atomic mass is 32.2. The smallest absolute Gasteiger partial charge is 0.247 e. The van der Waals surface area contributed by atoms with Gasteiger partial charge in [-0.05, 0) is 56.9 Å². The standard InChI is InChI=1S/C32H43N3O5S/c1-7-40-22-13-11-21(12-14-22)33-16-8-10-23-24(27(33)37)25-28(38)34(18-19-36)26-29(39)35(17-9-15-32(25,26)41-23)31(5,6)20-30(2,3)4/h8-15,23-26,36H,7,16-20H2,1-6H3/t23-,24+,25-,26?,32-/m0/s1. The number of carbonyl (C=O) groups excluding carboxylic acids is 3. The lowest BCUT2D eigenvalue weighted by Crippen LogP contribution is -2.59. The van der Waals surface area contributed by atoms with Gasteiger partial charge in [0.1, 0.15) is 11.8 Å². The Morgan fingerprint density at radius 2 is 1.71 bits per heavy atom. The second kappa shape index (κ2) is 10.8. The number of thioether (sulfide) groups is 1. The van der Waals surface area contributed by atoms with Crippen LogP contribution in [0.25, 0.3) is 0 Å². The number of rotatable bonds is 7. The molecule has 3 amide bonds. The van der Waals surface area contributed by atoms with E-state index in [0.717, 1.165) is 17.9 Å². The fourth-order valence-electron chi connectivity index (χ4n) is 7.54. The minimum Gasteiger partial charge on any atom is -0.494 e. The van der Waals surface area contributed by atoms with Crippen molar-refractivity contribution in [3.8, 4) is 5.75 Å². The van der Waals surface area contributed by atoms with E-state index in [9.17, 15) is 19.5 Å². The highest BCUT2D eigenvalue weighted by molar-refractivity contribution is 8.02. The zero-order valence-electron chi connectivity index (χ0n) is 25.0. The third-order valence-electron chi connectivity index (χ3n) is 8.65. The lowest BCUT2D eigenvalue weighted by atomic mass is 9.77. The number of β-amino-alcohol motifs (C(OH)–C–C–N with tert-alkyl or cyclic N) is 1. The van der Waals surface area contributed by atoms with Gasteiger partial charge in [0, 0.05) is 36.1 Å². The van der Waals surface area contributed by atoms with Crippen LogP contribution in [0.2, 0.25) is 0 Å². The molecule has 2 saturated heterocycles. The van der Waals surface area contributed by atoms with Crippen molar-refractivity contribution >= 4 is 35.2 Å². The SMILES string of the molecule is CCOc1ccc(N2CC=C[C@@H]3S[C@]45C=CCN(C(C)(C)CC(C)(C)C)C(=O)C4N(CCO)C(=O)[C@@H]5[C@@H]3C2=O)cc1. The highest BCUT2D eigenvalue weighted by Crippen LogP contribution is 2.61. The first-order chi connectivity index (χ1) is 19.3. The van der Waals surface area contributed by atoms with Crippen LogP contribution < -0.4 is 9.64 Å². The summed E-state index contributed by atoms with van der Waals surface area (Å²) in [6.45, 7) is 13.8. The van der Waals surface area contributed by atoms with Crippen molar-refractivity contribution < 1.29 is 24.2 Å². The summed E-state index contributed by atoms with van der Waals surface area (Å²) in [7, 11) is 0. The van der Waals surface area contributed by atoms with Crippen LogP contribution in [0, 0.1) is 17.3 Å². The molecule has 1 aromatic carbocycles. The van der Waals surface area contributed by atoms with Crippen LogP contribution in [0.4, 0.5) is 5.69 Å². The molecule has 5 rings (SSSR count). The molecule has 0 radical (unpaired) electrons. The first-order valence-corrected chi connectivity index (χ1v) is 15.5. The van der Waals surface area contributed by atoms with Crippen molar-refractivity contribution in [2.45, 2.75) is 69.5 Å². The number of anilines is 1. The maximum absolute atomic E-state index is 14.5. The average molecular weight is 582 g/mol. The molecule has 4 aliphatic rings. The minimum atomic E-state index is -0.896. The molecule has 2 fully saturated rings. The molecule has 0 aromatic heterocycles. The maximum atomic E-state index is 14.5. The molecule has 4 heterocycles. The minimum absolute atomic E-state index is 0.00680. The zero-order chi connectivity index (χ0) is 29.7. The number of fused-ring (bicyclic) bond motifs is 2. The molecule has 5 atom stereocenters. The number of likely N-dealkylation sites (tertiary alicyclic amines) is 1. The number of ether oxygens (including phenoxy) is 1. The van der Waals surface area contributed by atoms with Crippen LogP contribution in [0.5, 0.6) is 5.75 Å². The molecule has 41 heavy (non-hydrogen) atoms. The summed E-state index contributed by atoms with van der Waals surface area (Å²) < 4.78 is 4.68. The summed E-state index contributed by atoms with van der Waals surface area (Å²) in [6.07, 6.45) is 8.87. The molecule has 8 nitrogen and oxygen atoms in total. The summed E-state index contributed by atoms with van der Waals surface area (Å²) in [5.74, 6) is -1.07. The molecule has 0 aliphatic carbocycles. The molecule has 1 N–H and O–H groups in total. The number of hydrogen-bond donors (Lipinski definition) is 1. The first kappa shape index (κ1) is 29.7. The zero-order valence-corrected chi connectivity index (χ0v) is 25.8. The number of hydrogen-bond acceptors (Lipinski definition) is 6. The highest BCUT2D eigenvalue weighted by Gasteiger charge is 2.71. The number of nitrogens with zero attached hydrogens (tertiary/aromatic N) is 3. The van der Waals surface area contributed by atoms with E-state index in [1.807, 2.05) is 60.4 Å². The van der Waals surface area contributed by atoms with Crippen LogP contribution >= 0.6 is 11.8 Å². The van der Waals surface area contributed by atoms with Gasteiger partial charge in [-0.1, -0.05) is 45.1 Å². The van der Waals surface area contributed by atoms with Crippen molar-refractivity contribution in [3.63, 3.8) is 0 Å². The Morgan fingerprint density at radius 3 is 2.34 bits per heavy atom. The average Bonchev–Trinajstić information content (AvgIpc) is 3.18. The summed E-state index contributed by atoms with van der Waals surface area (Å²) in [6, 6.07) is 6.65. The van der Waals surface area contributed by atoms with Gasteiger partial charge in [-0.2, -0.15) is 0 Å². The molecule has 1 unspecified atom stereocenters. The normalized spacial score (nSPS) is 29.8. The lowest BCUT2D eigenvalue weighted by molar-refractivity contribution is -0.146. The summed E-state index contributed by atoms with van der Waals surface area (Å²) in [5.41, 5.74) is 0.282. The molecule has 9 heteroatoms. The monoisotopic (exact) mass is 581 g/mol. The van der Waals surface area contributed by atoms with Gasteiger partial charge >= 0.3 is 0 Å². The fourth-order valence-corrected chi connectivity index (χ4v) is 9.55. The number of amides is 3. The molecule has 222 valence electrons. The van der Waals surface area contributed by atoms with Crippen molar-refractivity contribution in [1.29, 1.82) is 0 Å². The van der Waals surface area contributed by atoms with Crippen LogP contribution in [-0.2, 0) is 14.4 Å². The molecule has 1 spiro atoms. The van der Waals surface area contributed by atoms with E-state index in [0.29, 0.717) is 19.7 Å². The van der Waals surface area contributed by atoms with Crippen LogP contribution in [0.3, 0.4) is 0 Å². The molecule has 0 saturated carbocycles. The quantitative estimate of drug-likeness (QED) is 0.492. The topological polar surface area (TPSA) is 90.4 Å². The van der Waals surface area contributed by atoms with E-state index >= 15 is 0 Å². The van der Waals surface area contributed by atoms with Gasteiger partial charge < -0.3 is 24.5 Å². The van der Waals surface area contributed by atoms with E-state index < -0.39 is 28.2 Å². The van der Waals surface area contributed by atoms with Crippen molar-refractivity contribution in [3.05, 3.63) is 48.6 Å². The van der Waals surface area contributed by atoms with Gasteiger partial charge in [0.15, 0.2) is 0 Å². The Bertz CT molecular complexity index is 1250. The second-order valence-electron chi connectivity index (χ2n) is 13.3. The largest absolute Gasteiger partial charge is 0.494 e. The van der Waals surface area contributed by atoms with Gasteiger partial charge in [-0.25, -0.2) is 0 Å². The van der Waals surface area contributed by atoms with E-state index in [2.05, 4.69) is 34.6 Å². The van der Waals surface area contributed by atoms with Crippen LogP contribution in [0.15, 0.2) is 48.6 Å². The van der Waals surface area contributed by atoms with E-state index in [1.165, 1.54) is 0 Å². The molecular formula is C32H43N3O5S. The fraction of sp³-hybridized carbons (Fsp3) is 0.594. The number of aliphatic hydroxyl groups is 1. The Morgan fingerprint density at radius 1 is 1.00 bits per heavy atom. The van der Waals surface area contributed by atoms with E-state index in [4.69, 9.17) is 4.74 Å². The Kier molecular flexibility index (Phi) is 7.83. The Labute approximate surface area is 247 Å². The van der Waals surface area contributed by atoms with Crippen molar-refractivity contribution in [2.75, 3.05) is 37.7 Å². The maximum Gasteiger partial charge on any atom is 0.247 e. The molecule has 1 aromatic rings. The molecule has 0 bridgehead atoms. The van der Waals surface area contributed by atoms with Crippen molar-refractivity contribution in [2.24, 2.45) is 17.3 Å². The number of aliphatic hydroxyl groups excluding tert-OH is 1. The first-order valence-electron chi connectivity index (χ1n) is 14.6. The Hall–Kier alpha value is -2.78. The summed E-state index contributed by atoms with van der Waals surface area (Å²) in [4.78, 5) is 48.3. The van der Waals surface area contributed by atoms with Gasteiger partial charge in [0.2, 0.25) is 17.7 Å². The van der Waals surface area contributed by atoms with Gasteiger partial charge in [0.25, 0.3) is 0 Å². The van der Waals surface area contributed by atoms with E-state index in [1.54, 1.807) is 21.6 Å². The summed E-state index contributed by atoms with van der Waals surface area (Å²) in [5, 5.41) is 9.73. The van der Waals surface area contributed by atoms with E-state index in [-0.39, 0.29) is 41.5 Å². The second-order valence-corrected chi connectivity index (χ2v) is 14.8. The molecular weight excluding hydrogens is 538 g/mol. The van der Waals surface area contributed by atoms with Gasteiger partial charge in [0.05, 0.1) is 29.8 Å². The predicted molar refractivity (Wildman–Crippen MR) is 162 cm³/mol.